The van der Waals surface area contributed by atoms with Crippen molar-refractivity contribution in [2.75, 3.05) is 7.05 Å². The van der Waals surface area contributed by atoms with E-state index in [0.717, 1.165) is 35.1 Å². The number of benzene rings is 1. The molecule has 0 spiro atoms. The Bertz CT molecular complexity index is 539. The summed E-state index contributed by atoms with van der Waals surface area (Å²) >= 11 is 6.00. The lowest BCUT2D eigenvalue weighted by Crippen LogP contribution is -2.09. The van der Waals surface area contributed by atoms with Gasteiger partial charge in [0.05, 0.1) is 18.2 Å². The minimum atomic E-state index is 0.506. The minimum Gasteiger partial charge on any atom is -0.487 e. The Kier molecular flexibility index (Phi) is 4.82. The van der Waals surface area contributed by atoms with Crippen LogP contribution in [0, 0.1) is 0 Å². The van der Waals surface area contributed by atoms with E-state index in [2.05, 4.69) is 21.8 Å². The number of nitrogens with one attached hydrogen (secondary N) is 1. The van der Waals surface area contributed by atoms with Gasteiger partial charge in [0, 0.05) is 23.7 Å². The van der Waals surface area contributed by atoms with Gasteiger partial charge in [0.1, 0.15) is 12.4 Å². The van der Waals surface area contributed by atoms with E-state index in [4.69, 9.17) is 16.3 Å². The molecule has 0 saturated heterocycles. The summed E-state index contributed by atoms with van der Waals surface area (Å²) in [4.78, 5) is 4.13. The predicted molar refractivity (Wildman–Crippen MR) is 76.4 cm³/mol. The number of aromatic nitrogens is 2. The van der Waals surface area contributed by atoms with E-state index in [1.165, 1.54) is 0 Å². The van der Waals surface area contributed by atoms with Crippen LogP contribution in [0.3, 0.4) is 0 Å². The normalized spacial score (nSPS) is 10.7. The average molecular weight is 280 g/mol. The Hall–Kier alpha value is -1.52. The molecule has 102 valence electrons. The van der Waals surface area contributed by atoms with Crippen molar-refractivity contribution in [3.8, 4) is 5.75 Å². The molecule has 0 aliphatic carbocycles. The second kappa shape index (κ2) is 6.59. The van der Waals surface area contributed by atoms with Gasteiger partial charge in [0.2, 0.25) is 0 Å². The zero-order valence-electron chi connectivity index (χ0n) is 11.2. The molecule has 2 aromatic rings. The van der Waals surface area contributed by atoms with Gasteiger partial charge in [0.25, 0.3) is 0 Å². The van der Waals surface area contributed by atoms with Crippen molar-refractivity contribution in [2.24, 2.45) is 0 Å². The van der Waals surface area contributed by atoms with Gasteiger partial charge >= 0.3 is 0 Å². The zero-order valence-corrected chi connectivity index (χ0v) is 11.9. The first-order valence-corrected chi connectivity index (χ1v) is 6.67. The van der Waals surface area contributed by atoms with Crippen molar-refractivity contribution in [3.63, 3.8) is 0 Å². The highest BCUT2D eigenvalue weighted by Gasteiger charge is 2.06. The molecule has 2 rings (SSSR count). The second-order valence-electron chi connectivity index (χ2n) is 4.24. The highest BCUT2D eigenvalue weighted by atomic mass is 35.5. The summed E-state index contributed by atoms with van der Waals surface area (Å²) in [5.41, 5.74) is 2.12. The number of nitrogens with zero attached hydrogens (tertiary/aromatic N) is 2. The van der Waals surface area contributed by atoms with Gasteiger partial charge < -0.3 is 14.6 Å². The lowest BCUT2D eigenvalue weighted by atomic mass is 10.2. The quantitative estimate of drug-likeness (QED) is 0.884. The van der Waals surface area contributed by atoms with E-state index in [0.29, 0.717) is 6.61 Å². The Morgan fingerprint density at radius 1 is 1.42 bits per heavy atom. The molecule has 0 atom stereocenters. The van der Waals surface area contributed by atoms with Crippen molar-refractivity contribution >= 4 is 11.6 Å². The molecular weight excluding hydrogens is 262 g/mol. The molecule has 0 aliphatic heterocycles. The molecule has 0 bridgehead atoms. The van der Waals surface area contributed by atoms with Crippen LogP contribution >= 0.6 is 11.6 Å². The SMILES string of the molecule is CCn1cncc1COc1ccc(Cl)cc1CNC. The van der Waals surface area contributed by atoms with Crippen molar-refractivity contribution in [3.05, 3.63) is 47.0 Å². The Labute approximate surface area is 118 Å². The fourth-order valence-electron chi connectivity index (χ4n) is 1.92. The molecule has 0 fully saturated rings. The number of rotatable bonds is 6. The lowest BCUT2D eigenvalue weighted by molar-refractivity contribution is 0.292. The highest BCUT2D eigenvalue weighted by molar-refractivity contribution is 6.30. The largest absolute Gasteiger partial charge is 0.487 e. The van der Waals surface area contributed by atoms with Gasteiger partial charge in [-0.1, -0.05) is 11.6 Å². The van der Waals surface area contributed by atoms with Crippen LogP contribution in [-0.4, -0.2) is 16.6 Å². The summed E-state index contributed by atoms with van der Waals surface area (Å²) in [6.07, 6.45) is 3.65. The highest BCUT2D eigenvalue weighted by Crippen LogP contribution is 2.23. The van der Waals surface area contributed by atoms with Crippen LogP contribution in [-0.2, 0) is 19.7 Å². The lowest BCUT2D eigenvalue weighted by Gasteiger charge is -2.12. The second-order valence-corrected chi connectivity index (χ2v) is 4.68. The third-order valence-electron chi connectivity index (χ3n) is 2.90. The molecule has 1 aromatic heterocycles. The Morgan fingerprint density at radius 2 is 2.26 bits per heavy atom. The smallest absolute Gasteiger partial charge is 0.130 e. The summed E-state index contributed by atoms with van der Waals surface area (Å²) in [7, 11) is 1.90. The molecule has 0 saturated carbocycles. The summed E-state index contributed by atoms with van der Waals surface area (Å²) in [6, 6.07) is 5.67. The zero-order chi connectivity index (χ0) is 13.7. The van der Waals surface area contributed by atoms with Crippen LogP contribution in [0.2, 0.25) is 5.02 Å². The number of ether oxygens (including phenoxy) is 1. The molecule has 19 heavy (non-hydrogen) atoms. The van der Waals surface area contributed by atoms with E-state index in [9.17, 15) is 0 Å². The third-order valence-corrected chi connectivity index (χ3v) is 3.14. The number of hydrogen-bond acceptors (Lipinski definition) is 3. The van der Waals surface area contributed by atoms with Crippen LogP contribution in [0.4, 0.5) is 0 Å². The van der Waals surface area contributed by atoms with Crippen molar-refractivity contribution in [1.29, 1.82) is 0 Å². The monoisotopic (exact) mass is 279 g/mol. The maximum atomic E-state index is 6.00. The molecule has 5 heteroatoms. The molecule has 4 nitrogen and oxygen atoms in total. The van der Waals surface area contributed by atoms with E-state index < -0.39 is 0 Å². The van der Waals surface area contributed by atoms with Gasteiger partial charge in [-0.05, 0) is 32.2 Å². The summed E-state index contributed by atoms with van der Waals surface area (Å²) < 4.78 is 7.94. The topological polar surface area (TPSA) is 39.1 Å². The molecule has 1 heterocycles. The number of hydrogen-bond donors (Lipinski definition) is 1. The van der Waals surface area contributed by atoms with Crippen molar-refractivity contribution < 1.29 is 4.74 Å². The van der Waals surface area contributed by atoms with E-state index in [1.54, 1.807) is 0 Å². The van der Waals surface area contributed by atoms with Gasteiger partial charge in [0.15, 0.2) is 0 Å². The Morgan fingerprint density at radius 3 is 3.00 bits per heavy atom. The number of imidazole rings is 1. The van der Waals surface area contributed by atoms with Crippen LogP contribution in [0.25, 0.3) is 0 Å². The third kappa shape index (κ3) is 3.49. The van der Waals surface area contributed by atoms with Crippen molar-refractivity contribution in [1.82, 2.24) is 14.9 Å². The summed E-state index contributed by atoms with van der Waals surface area (Å²) in [5.74, 6) is 0.850. The molecular formula is C14H18ClN3O. The Balaban J connectivity index is 2.10. The maximum absolute atomic E-state index is 6.00. The molecule has 0 aliphatic rings. The summed E-state index contributed by atoms with van der Waals surface area (Å²) in [5, 5.41) is 3.83. The standard InChI is InChI=1S/C14H18ClN3O/c1-3-18-10-17-8-13(18)9-19-14-5-4-12(15)6-11(14)7-16-2/h4-6,8,10,16H,3,7,9H2,1-2H3. The number of halogens is 1. The number of aryl methyl sites for hydroxylation is 1. The van der Waals surface area contributed by atoms with Gasteiger partial charge in [-0.3, -0.25) is 0 Å². The fourth-order valence-corrected chi connectivity index (χ4v) is 2.12. The first kappa shape index (κ1) is 13.9. The molecule has 0 radical (unpaired) electrons. The van der Waals surface area contributed by atoms with Crippen LogP contribution in [0.5, 0.6) is 5.75 Å². The van der Waals surface area contributed by atoms with Crippen LogP contribution < -0.4 is 10.1 Å². The fraction of sp³-hybridized carbons (Fsp3) is 0.357. The molecule has 0 unspecified atom stereocenters. The minimum absolute atomic E-state index is 0.506. The van der Waals surface area contributed by atoms with E-state index >= 15 is 0 Å². The van der Waals surface area contributed by atoms with Gasteiger partial charge in [-0.15, -0.1) is 0 Å². The molecule has 1 aromatic carbocycles. The first-order valence-electron chi connectivity index (χ1n) is 6.29. The predicted octanol–water partition coefficient (Wildman–Crippen LogP) is 2.85. The summed E-state index contributed by atoms with van der Waals surface area (Å²) in [6.45, 7) is 4.21. The molecule has 0 amide bonds. The van der Waals surface area contributed by atoms with Gasteiger partial charge in [-0.25, -0.2) is 4.98 Å². The van der Waals surface area contributed by atoms with Crippen LogP contribution in [0.1, 0.15) is 18.2 Å². The van der Waals surface area contributed by atoms with E-state index in [-0.39, 0.29) is 0 Å². The van der Waals surface area contributed by atoms with Crippen LogP contribution in [0.15, 0.2) is 30.7 Å². The molecule has 1 N–H and O–H groups in total. The first-order chi connectivity index (χ1) is 9.24. The van der Waals surface area contributed by atoms with Crippen molar-refractivity contribution in [2.45, 2.75) is 26.6 Å². The van der Waals surface area contributed by atoms with Gasteiger partial charge in [-0.2, -0.15) is 0 Å². The average Bonchev–Trinajstić information content (AvgIpc) is 2.85. The maximum Gasteiger partial charge on any atom is 0.130 e. The van der Waals surface area contributed by atoms with E-state index in [1.807, 2.05) is 37.8 Å².